The van der Waals surface area contributed by atoms with Gasteiger partial charge in [-0.15, -0.1) is 0 Å². The van der Waals surface area contributed by atoms with Crippen molar-refractivity contribution in [3.63, 3.8) is 0 Å². The Morgan fingerprint density at radius 2 is 1.91 bits per heavy atom. The zero-order chi connectivity index (χ0) is 17.4. The Bertz CT molecular complexity index is 550. The van der Waals surface area contributed by atoms with Gasteiger partial charge in [-0.25, -0.2) is 13.6 Å². The number of hydrogen-bond acceptors (Lipinski definition) is 2. The van der Waals surface area contributed by atoms with Crippen molar-refractivity contribution in [1.29, 1.82) is 0 Å². The van der Waals surface area contributed by atoms with Gasteiger partial charge in [0.25, 0.3) is 5.91 Å². The van der Waals surface area contributed by atoms with Crippen LogP contribution in [0.3, 0.4) is 0 Å². The highest BCUT2D eigenvalue weighted by molar-refractivity contribution is 5.94. The number of urea groups is 1. The molecule has 0 aliphatic heterocycles. The van der Waals surface area contributed by atoms with Gasteiger partial charge in [0.05, 0.1) is 0 Å². The van der Waals surface area contributed by atoms with Crippen LogP contribution in [0.25, 0.3) is 0 Å². The minimum Gasteiger partial charge on any atom is -0.338 e. The molecule has 0 aliphatic rings. The van der Waals surface area contributed by atoms with E-state index < -0.39 is 23.6 Å². The van der Waals surface area contributed by atoms with Gasteiger partial charge >= 0.3 is 6.03 Å². The summed E-state index contributed by atoms with van der Waals surface area (Å²) in [7, 11) is 0. The van der Waals surface area contributed by atoms with E-state index in [1.807, 2.05) is 13.8 Å². The summed E-state index contributed by atoms with van der Waals surface area (Å²) in [5.74, 6) is -1.30. The number of hydrogen-bond donors (Lipinski definition) is 3. The number of carbonyl (C=O) groups is 2. The van der Waals surface area contributed by atoms with E-state index in [0.29, 0.717) is 18.0 Å². The zero-order valence-electron chi connectivity index (χ0n) is 13.7. The van der Waals surface area contributed by atoms with Crippen LogP contribution in [0, 0.1) is 17.6 Å². The smallest absolute Gasteiger partial charge is 0.321 e. The number of quaternary nitrogens is 1. The monoisotopic (exact) mass is 328 g/mol. The van der Waals surface area contributed by atoms with Crippen molar-refractivity contribution in [1.82, 2.24) is 10.6 Å². The molecule has 0 bridgehead atoms. The third-order valence-electron chi connectivity index (χ3n) is 3.37. The second kappa shape index (κ2) is 9.19. The van der Waals surface area contributed by atoms with Gasteiger partial charge in [0.2, 0.25) is 0 Å². The molecule has 1 aromatic carbocycles. The van der Waals surface area contributed by atoms with Crippen molar-refractivity contribution in [2.75, 3.05) is 13.1 Å². The molecule has 0 aliphatic carbocycles. The molecule has 1 aromatic rings. The predicted octanol–water partition coefficient (Wildman–Crippen LogP) is 1.46. The van der Waals surface area contributed by atoms with Gasteiger partial charge in [0, 0.05) is 18.2 Å². The Morgan fingerprint density at radius 1 is 1.22 bits per heavy atom. The fourth-order valence-corrected chi connectivity index (χ4v) is 1.98. The highest BCUT2D eigenvalue weighted by Gasteiger charge is 2.17. The summed E-state index contributed by atoms with van der Waals surface area (Å²) in [5.41, 5.74) is 0.306. The lowest BCUT2D eigenvalue weighted by atomic mass is 10.1. The van der Waals surface area contributed by atoms with Crippen LogP contribution in [0.1, 0.15) is 38.8 Å². The zero-order valence-corrected chi connectivity index (χ0v) is 13.7. The van der Waals surface area contributed by atoms with Crippen molar-refractivity contribution < 1.29 is 23.7 Å². The standard InChI is InChI=1S/C16H23F2N3O2/c1-10(2)6-7-19-16(23)21-15(22)9-20-11(3)13-5-4-12(17)8-14(13)18/h4-5,8,10-11,20H,6-7,9H2,1-3H3,(H2,19,21,22,23)/p+1/t11-/m1/s1. The quantitative estimate of drug-likeness (QED) is 0.709. The molecule has 0 unspecified atom stereocenters. The molecule has 23 heavy (non-hydrogen) atoms. The topological polar surface area (TPSA) is 74.8 Å². The van der Waals surface area contributed by atoms with Crippen molar-refractivity contribution in [3.05, 3.63) is 35.4 Å². The Balaban J connectivity index is 2.36. The molecule has 0 heterocycles. The Morgan fingerprint density at radius 3 is 2.52 bits per heavy atom. The van der Waals surface area contributed by atoms with Crippen molar-refractivity contribution in [2.24, 2.45) is 5.92 Å². The van der Waals surface area contributed by atoms with Crippen LogP contribution in [-0.2, 0) is 4.79 Å². The van der Waals surface area contributed by atoms with E-state index in [2.05, 4.69) is 10.6 Å². The molecule has 0 saturated heterocycles. The van der Waals surface area contributed by atoms with Crippen LogP contribution in [0.2, 0.25) is 0 Å². The minimum atomic E-state index is -0.652. The van der Waals surface area contributed by atoms with E-state index in [1.165, 1.54) is 12.1 Å². The lowest BCUT2D eigenvalue weighted by molar-refractivity contribution is -0.682. The van der Waals surface area contributed by atoms with Crippen molar-refractivity contribution in [2.45, 2.75) is 33.2 Å². The molecule has 3 amide bonds. The fraction of sp³-hybridized carbons (Fsp3) is 0.500. The average molecular weight is 328 g/mol. The number of imide groups is 1. The van der Waals surface area contributed by atoms with Crippen molar-refractivity contribution in [3.8, 4) is 0 Å². The molecule has 7 heteroatoms. The minimum absolute atomic E-state index is 0.0322. The molecule has 5 nitrogen and oxygen atoms in total. The van der Waals surface area contributed by atoms with Gasteiger partial charge in [0.15, 0.2) is 6.54 Å². The fourth-order valence-electron chi connectivity index (χ4n) is 1.98. The molecular weight excluding hydrogens is 304 g/mol. The maximum Gasteiger partial charge on any atom is 0.321 e. The summed E-state index contributed by atoms with van der Waals surface area (Å²) < 4.78 is 26.5. The maximum absolute atomic E-state index is 13.6. The number of rotatable bonds is 7. The summed E-state index contributed by atoms with van der Waals surface area (Å²) in [4.78, 5) is 23.2. The van der Waals surface area contributed by atoms with Gasteiger partial charge in [-0.1, -0.05) is 13.8 Å². The molecular formula is C16H24F2N3O2+. The van der Waals surface area contributed by atoms with E-state index in [4.69, 9.17) is 0 Å². The number of nitrogens with two attached hydrogens (primary N) is 1. The summed E-state index contributed by atoms with van der Waals surface area (Å²) in [6.07, 6.45) is 0.828. The first-order valence-electron chi connectivity index (χ1n) is 7.65. The lowest BCUT2D eigenvalue weighted by Crippen LogP contribution is -2.87. The summed E-state index contributed by atoms with van der Waals surface area (Å²) >= 11 is 0. The third kappa shape index (κ3) is 7.19. The molecule has 128 valence electrons. The van der Waals surface area contributed by atoms with E-state index in [0.717, 1.165) is 12.5 Å². The lowest BCUT2D eigenvalue weighted by Gasteiger charge is -2.12. The molecule has 1 atom stereocenters. The Labute approximate surface area is 134 Å². The average Bonchev–Trinajstić information content (AvgIpc) is 2.44. The summed E-state index contributed by atoms with van der Waals surface area (Å²) in [6.45, 7) is 6.24. The molecule has 0 saturated carbocycles. The number of benzene rings is 1. The van der Waals surface area contributed by atoms with Gasteiger partial charge in [-0.2, -0.15) is 0 Å². The van der Waals surface area contributed by atoms with Crippen LogP contribution in [0.15, 0.2) is 18.2 Å². The highest BCUT2D eigenvalue weighted by Crippen LogP contribution is 2.14. The predicted molar refractivity (Wildman–Crippen MR) is 82.6 cm³/mol. The van der Waals surface area contributed by atoms with Crippen LogP contribution in [0.5, 0.6) is 0 Å². The second-order valence-electron chi connectivity index (χ2n) is 5.88. The summed E-state index contributed by atoms with van der Waals surface area (Å²) in [6, 6.07) is 2.42. The molecule has 1 rings (SSSR count). The van der Waals surface area contributed by atoms with Crippen LogP contribution in [-0.4, -0.2) is 25.0 Å². The molecule has 4 N–H and O–H groups in total. The Hall–Kier alpha value is -2.02. The molecule has 0 radical (unpaired) electrons. The third-order valence-corrected chi connectivity index (χ3v) is 3.37. The molecule has 0 fully saturated rings. The first kappa shape index (κ1) is 19.0. The van der Waals surface area contributed by atoms with Crippen molar-refractivity contribution >= 4 is 11.9 Å². The van der Waals surface area contributed by atoms with E-state index >= 15 is 0 Å². The van der Waals surface area contributed by atoms with E-state index in [1.54, 1.807) is 12.2 Å². The number of nitrogens with one attached hydrogen (secondary N) is 2. The van der Waals surface area contributed by atoms with Crippen LogP contribution >= 0.6 is 0 Å². The first-order valence-corrected chi connectivity index (χ1v) is 7.65. The SMILES string of the molecule is CC(C)CCNC(=O)NC(=O)C[NH2+][C@H](C)c1ccc(F)cc1F. The molecule has 0 aromatic heterocycles. The normalized spacial score (nSPS) is 12.1. The van der Waals surface area contributed by atoms with Crippen LogP contribution in [0.4, 0.5) is 13.6 Å². The van der Waals surface area contributed by atoms with Gasteiger partial charge in [-0.05, 0) is 31.4 Å². The van der Waals surface area contributed by atoms with Gasteiger partial charge in [-0.3, -0.25) is 10.1 Å². The van der Waals surface area contributed by atoms with E-state index in [9.17, 15) is 18.4 Å². The first-order chi connectivity index (χ1) is 10.8. The molecule has 0 spiro atoms. The second-order valence-corrected chi connectivity index (χ2v) is 5.88. The van der Waals surface area contributed by atoms with E-state index in [-0.39, 0.29) is 12.6 Å². The number of carbonyl (C=O) groups excluding carboxylic acids is 2. The van der Waals surface area contributed by atoms with Gasteiger partial charge in [0.1, 0.15) is 17.7 Å². The van der Waals surface area contributed by atoms with Gasteiger partial charge < -0.3 is 10.6 Å². The number of amides is 3. The Kier molecular flexibility index (Phi) is 7.61. The largest absolute Gasteiger partial charge is 0.338 e. The summed E-state index contributed by atoms with van der Waals surface area (Å²) in [5, 5.41) is 6.38. The van der Waals surface area contributed by atoms with Crippen LogP contribution < -0.4 is 16.0 Å². The number of halogens is 2. The highest BCUT2D eigenvalue weighted by atomic mass is 19.1. The maximum atomic E-state index is 13.6.